The van der Waals surface area contributed by atoms with Gasteiger partial charge in [0.2, 0.25) is 0 Å². The molecule has 0 atom stereocenters. The minimum absolute atomic E-state index is 0.290. The number of ether oxygens (including phenoxy) is 1. The predicted molar refractivity (Wildman–Crippen MR) is 46.9 cm³/mol. The third kappa shape index (κ3) is 1.09. The first-order valence-corrected chi connectivity index (χ1v) is 4.84. The van der Waals surface area contributed by atoms with Gasteiger partial charge in [0.05, 0.1) is 6.61 Å². The van der Waals surface area contributed by atoms with Crippen LogP contribution < -0.4 is 0 Å². The van der Waals surface area contributed by atoms with E-state index in [1.54, 1.807) is 7.11 Å². The van der Waals surface area contributed by atoms with Gasteiger partial charge in [-0.3, -0.25) is 0 Å². The van der Waals surface area contributed by atoms with Gasteiger partial charge in [0.1, 0.15) is 0 Å². The highest BCUT2D eigenvalue weighted by Gasteiger charge is 2.53. The Kier molecular flexibility index (Phi) is 1.92. The maximum absolute atomic E-state index is 9.29. The van der Waals surface area contributed by atoms with E-state index in [2.05, 4.69) is 0 Å². The van der Waals surface area contributed by atoms with Gasteiger partial charge in [0.25, 0.3) is 0 Å². The second-order valence-corrected chi connectivity index (χ2v) is 4.77. The van der Waals surface area contributed by atoms with Crippen LogP contribution in [0.15, 0.2) is 0 Å². The molecule has 70 valence electrons. The van der Waals surface area contributed by atoms with Gasteiger partial charge in [-0.25, -0.2) is 0 Å². The maximum atomic E-state index is 9.29. The Morgan fingerprint density at radius 1 is 1.17 bits per heavy atom. The maximum Gasteiger partial charge on any atom is 0.0518 e. The molecule has 0 radical (unpaired) electrons. The summed E-state index contributed by atoms with van der Waals surface area (Å²) >= 11 is 0. The average Bonchev–Trinajstić information content (AvgIpc) is 2.61. The van der Waals surface area contributed by atoms with Crippen LogP contribution in [-0.2, 0) is 4.74 Å². The summed E-state index contributed by atoms with van der Waals surface area (Å²) in [7, 11) is 1.78. The van der Waals surface area contributed by atoms with Crippen molar-refractivity contribution >= 4 is 0 Å². The second kappa shape index (κ2) is 2.71. The largest absolute Gasteiger partial charge is 0.396 e. The number of fused-ring (bicyclic) bond motifs is 2. The fraction of sp³-hybridized carbons (Fsp3) is 1.00. The van der Waals surface area contributed by atoms with Crippen molar-refractivity contribution in [2.45, 2.75) is 32.1 Å². The number of aliphatic hydroxyl groups excluding tert-OH is 1. The molecule has 0 heterocycles. The summed E-state index contributed by atoms with van der Waals surface area (Å²) in [6.07, 6.45) is 6.16. The molecule has 1 N–H and O–H groups in total. The Bertz CT molecular complexity index is 169. The molecule has 0 unspecified atom stereocenters. The molecule has 0 aromatic rings. The normalized spacial score (nSPS) is 45.5. The van der Waals surface area contributed by atoms with E-state index < -0.39 is 0 Å². The monoisotopic (exact) mass is 170 g/mol. The summed E-state index contributed by atoms with van der Waals surface area (Å²) < 4.78 is 5.25. The van der Waals surface area contributed by atoms with E-state index in [0.717, 1.165) is 6.61 Å². The van der Waals surface area contributed by atoms with Crippen molar-refractivity contribution in [3.05, 3.63) is 0 Å². The van der Waals surface area contributed by atoms with Crippen LogP contribution in [0.4, 0.5) is 0 Å². The number of rotatable bonds is 3. The molecule has 0 aromatic carbocycles. The fourth-order valence-corrected chi connectivity index (χ4v) is 3.18. The first kappa shape index (κ1) is 8.52. The Hall–Kier alpha value is -0.0800. The third-order valence-electron chi connectivity index (χ3n) is 3.91. The van der Waals surface area contributed by atoms with E-state index in [4.69, 9.17) is 4.74 Å². The fourth-order valence-electron chi connectivity index (χ4n) is 3.18. The summed E-state index contributed by atoms with van der Waals surface area (Å²) in [5, 5.41) is 9.29. The molecular weight excluding hydrogens is 152 g/mol. The minimum Gasteiger partial charge on any atom is -0.396 e. The van der Waals surface area contributed by atoms with Gasteiger partial charge in [-0.15, -0.1) is 0 Å². The van der Waals surface area contributed by atoms with Crippen LogP contribution in [0.2, 0.25) is 0 Å². The summed E-state index contributed by atoms with van der Waals surface area (Å²) in [5.41, 5.74) is 0.732. The molecule has 2 saturated carbocycles. The van der Waals surface area contributed by atoms with Crippen molar-refractivity contribution in [1.29, 1.82) is 0 Å². The Balaban J connectivity index is 2.07. The molecular formula is C10H18O2. The van der Waals surface area contributed by atoms with E-state index in [1.807, 2.05) is 0 Å². The number of hydrogen-bond acceptors (Lipinski definition) is 2. The molecule has 12 heavy (non-hydrogen) atoms. The first-order chi connectivity index (χ1) is 5.74. The molecule has 0 spiro atoms. The Labute approximate surface area is 73.9 Å². The zero-order valence-corrected chi connectivity index (χ0v) is 7.81. The van der Waals surface area contributed by atoms with Gasteiger partial charge >= 0.3 is 0 Å². The quantitative estimate of drug-likeness (QED) is 0.696. The van der Waals surface area contributed by atoms with E-state index in [9.17, 15) is 5.11 Å². The lowest BCUT2D eigenvalue weighted by Gasteiger charge is -2.25. The summed E-state index contributed by atoms with van der Waals surface area (Å²) in [4.78, 5) is 0. The molecule has 0 aliphatic heterocycles. The van der Waals surface area contributed by atoms with Crippen molar-refractivity contribution in [3.63, 3.8) is 0 Å². The highest BCUT2D eigenvalue weighted by Crippen LogP contribution is 2.61. The van der Waals surface area contributed by atoms with Crippen LogP contribution in [0.5, 0.6) is 0 Å². The summed E-state index contributed by atoms with van der Waals surface area (Å²) in [5.74, 6) is 0. The second-order valence-electron chi connectivity index (χ2n) is 4.77. The predicted octanol–water partition coefficient (Wildman–Crippen LogP) is 1.58. The van der Waals surface area contributed by atoms with Crippen molar-refractivity contribution in [2.24, 2.45) is 10.8 Å². The van der Waals surface area contributed by atoms with E-state index in [-0.39, 0.29) is 0 Å². The van der Waals surface area contributed by atoms with Gasteiger partial charge in [0, 0.05) is 13.7 Å². The summed E-state index contributed by atoms with van der Waals surface area (Å²) in [6.45, 7) is 1.28. The Morgan fingerprint density at radius 3 is 2.17 bits per heavy atom. The molecule has 2 heteroatoms. The first-order valence-electron chi connectivity index (χ1n) is 4.84. The zero-order valence-electron chi connectivity index (χ0n) is 7.81. The Morgan fingerprint density at radius 2 is 1.75 bits per heavy atom. The van der Waals surface area contributed by atoms with Gasteiger partial charge in [0.15, 0.2) is 0 Å². The molecule has 2 fully saturated rings. The molecule has 2 aliphatic rings. The highest BCUT2D eigenvalue weighted by molar-refractivity contribution is 5.04. The van der Waals surface area contributed by atoms with Crippen LogP contribution >= 0.6 is 0 Å². The van der Waals surface area contributed by atoms with Gasteiger partial charge in [-0.1, -0.05) is 0 Å². The number of hydrogen-bond donors (Lipinski definition) is 1. The van der Waals surface area contributed by atoms with Crippen molar-refractivity contribution in [3.8, 4) is 0 Å². The smallest absolute Gasteiger partial charge is 0.0518 e. The van der Waals surface area contributed by atoms with Crippen molar-refractivity contribution in [2.75, 3.05) is 20.3 Å². The molecule has 0 aromatic heterocycles. The van der Waals surface area contributed by atoms with Crippen LogP contribution in [0, 0.1) is 10.8 Å². The van der Waals surface area contributed by atoms with Gasteiger partial charge < -0.3 is 9.84 Å². The van der Waals surface area contributed by atoms with Crippen LogP contribution in [0.25, 0.3) is 0 Å². The standard InChI is InChI=1S/C10H18O2/c1-12-8-10-4-2-9(6-10,7-11)3-5-10/h11H,2-8H2,1H3. The number of aliphatic hydroxyl groups is 1. The summed E-state index contributed by atoms with van der Waals surface area (Å²) in [6, 6.07) is 0. The van der Waals surface area contributed by atoms with Crippen LogP contribution in [0.3, 0.4) is 0 Å². The molecule has 0 amide bonds. The topological polar surface area (TPSA) is 29.5 Å². The lowest BCUT2D eigenvalue weighted by molar-refractivity contribution is 0.0860. The zero-order chi connectivity index (χ0) is 8.66. The molecule has 0 saturated heterocycles. The molecule has 2 nitrogen and oxygen atoms in total. The lowest BCUT2D eigenvalue weighted by atomic mass is 9.83. The molecule has 2 aliphatic carbocycles. The van der Waals surface area contributed by atoms with Gasteiger partial charge in [-0.2, -0.15) is 0 Å². The van der Waals surface area contributed by atoms with Crippen LogP contribution in [0.1, 0.15) is 32.1 Å². The highest BCUT2D eigenvalue weighted by atomic mass is 16.5. The molecule has 2 bridgehead atoms. The lowest BCUT2D eigenvalue weighted by Crippen LogP contribution is -2.20. The molecule has 2 rings (SSSR count). The van der Waals surface area contributed by atoms with Crippen molar-refractivity contribution < 1.29 is 9.84 Å². The minimum atomic E-state index is 0.290. The van der Waals surface area contributed by atoms with Gasteiger partial charge in [-0.05, 0) is 42.9 Å². The SMILES string of the molecule is COCC12CCC(CO)(CC1)C2. The van der Waals surface area contributed by atoms with E-state index in [1.165, 1.54) is 32.1 Å². The number of methoxy groups -OCH3 is 1. The van der Waals surface area contributed by atoms with Crippen molar-refractivity contribution in [1.82, 2.24) is 0 Å². The van der Waals surface area contributed by atoms with Crippen LogP contribution in [-0.4, -0.2) is 25.4 Å². The van der Waals surface area contributed by atoms with E-state index in [0.29, 0.717) is 17.4 Å². The third-order valence-corrected chi connectivity index (χ3v) is 3.91. The average molecular weight is 170 g/mol. The van der Waals surface area contributed by atoms with E-state index >= 15 is 0 Å².